The molecule has 1 saturated heterocycles. The maximum Gasteiger partial charge on any atom is 0.257 e. The van der Waals surface area contributed by atoms with Crippen molar-refractivity contribution in [1.82, 2.24) is 10.6 Å². The predicted octanol–water partition coefficient (Wildman–Crippen LogP) is 1.24. The Balaban J connectivity index is 2.07. The molecule has 1 aromatic carbocycles. The van der Waals surface area contributed by atoms with Crippen molar-refractivity contribution in [1.29, 1.82) is 0 Å². The molecule has 2 rings (SSSR count). The van der Waals surface area contributed by atoms with Crippen molar-refractivity contribution in [2.45, 2.75) is 31.2 Å². The van der Waals surface area contributed by atoms with Crippen LogP contribution in [0.2, 0.25) is 0 Å². The smallest absolute Gasteiger partial charge is 0.257 e. The summed E-state index contributed by atoms with van der Waals surface area (Å²) in [6.45, 7) is 4.12. The summed E-state index contributed by atoms with van der Waals surface area (Å²) in [5, 5.41) is 14.5. The first kappa shape index (κ1) is 19.3. The van der Waals surface area contributed by atoms with Crippen LogP contribution in [0, 0.1) is 0 Å². The third-order valence-electron chi connectivity index (χ3n) is 3.96. The van der Waals surface area contributed by atoms with Crippen LogP contribution in [0.5, 0.6) is 5.75 Å². The van der Waals surface area contributed by atoms with Crippen LogP contribution in [-0.4, -0.2) is 47.3 Å². The van der Waals surface area contributed by atoms with E-state index < -0.39 is 17.5 Å². The number of aliphatic hydroxyl groups is 1. The van der Waals surface area contributed by atoms with Crippen LogP contribution in [-0.2, 0) is 16.0 Å². The van der Waals surface area contributed by atoms with Gasteiger partial charge in [0, 0.05) is 6.42 Å². The lowest BCUT2D eigenvalue weighted by molar-refractivity contribution is -0.139. The molecule has 1 aliphatic rings. The summed E-state index contributed by atoms with van der Waals surface area (Å²) < 4.78 is 5.62. The van der Waals surface area contributed by atoms with Crippen molar-refractivity contribution < 1.29 is 19.4 Å². The lowest BCUT2D eigenvalue weighted by Crippen LogP contribution is -2.69. The molecule has 25 heavy (non-hydrogen) atoms. The molecule has 0 bridgehead atoms. The van der Waals surface area contributed by atoms with Gasteiger partial charge in [0.15, 0.2) is 4.87 Å². The van der Waals surface area contributed by atoms with Crippen molar-refractivity contribution in [2.24, 2.45) is 0 Å². The number of hydrogen-bond acceptors (Lipinski definition) is 5. The van der Waals surface area contributed by atoms with E-state index in [1.54, 1.807) is 6.26 Å². The van der Waals surface area contributed by atoms with Crippen LogP contribution in [0.4, 0.5) is 0 Å². The van der Waals surface area contributed by atoms with Crippen LogP contribution in [0.25, 0.3) is 0 Å². The highest BCUT2D eigenvalue weighted by atomic mass is 32.2. The Bertz CT molecular complexity index is 656. The Hall–Kier alpha value is -1.99. The maximum atomic E-state index is 12.4. The molecule has 1 aromatic rings. The van der Waals surface area contributed by atoms with Crippen molar-refractivity contribution in [3.8, 4) is 5.75 Å². The number of benzene rings is 1. The largest absolute Gasteiger partial charge is 0.490 e. The number of amides is 2. The zero-order valence-corrected chi connectivity index (χ0v) is 15.5. The fraction of sp³-hybridized carbons (Fsp3) is 0.444. The summed E-state index contributed by atoms with van der Waals surface area (Å²) in [6.07, 6.45) is 4.12. The molecular formula is C18H24N2O4S. The standard InChI is InChI=1S/C18H24N2O4S/c1-12(2)8-9-24-14-6-4-13(5-7-14)10-18(25-3)17(23)19-15(11-21)16(22)20-18/h4-8,15,21H,9-11H2,1-3H3,(H,19,23)(H,20,22). The quantitative estimate of drug-likeness (QED) is 0.634. The number of nitrogens with one attached hydrogen (secondary N) is 2. The van der Waals surface area contributed by atoms with Crippen molar-refractivity contribution in [3.63, 3.8) is 0 Å². The van der Waals surface area contributed by atoms with Crippen LogP contribution >= 0.6 is 11.8 Å². The summed E-state index contributed by atoms with van der Waals surface area (Å²) in [4.78, 5) is 23.4. The Kier molecular flexibility index (Phi) is 6.50. The first-order valence-electron chi connectivity index (χ1n) is 8.04. The Morgan fingerprint density at radius 3 is 2.56 bits per heavy atom. The molecular weight excluding hydrogens is 340 g/mol. The van der Waals surface area contributed by atoms with Gasteiger partial charge in [0.1, 0.15) is 18.4 Å². The third-order valence-corrected chi connectivity index (χ3v) is 5.09. The van der Waals surface area contributed by atoms with Gasteiger partial charge in [0.25, 0.3) is 5.91 Å². The summed E-state index contributed by atoms with van der Waals surface area (Å²) >= 11 is 1.27. The van der Waals surface area contributed by atoms with Gasteiger partial charge in [0.2, 0.25) is 5.91 Å². The van der Waals surface area contributed by atoms with E-state index in [0.29, 0.717) is 13.0 Å². The number of piperazine rings is 1. The van der Waals surface area contributed by atoms with Gasteiger partial charge in [-0.3, -0.25) is 9.59 Å². The molecule has 0 spiro atoms. The van der Waals surface area contributed by atoms with Gasteiger partial charge >= 0.3 is 0 Å². The number of aliphatic hydroxyl groups excluding tert-OH is 1. The molecule has 1 heterocycles. The number of rotatable bonds is 7. The molecule has 0 aromatic heterocycles. The fourth-order valence-electron chi connectivity index (χ4n) is 2.45. The Labute approximate surface area is 152 Å². The number of allylic oxidation sites excluding steroid dienone is 1. The van der Waals surface area contributed by atoms with E-state index >= 15 is 0 Å². The second-order valence-corrected chi connectivity index (χ2v) is 7.25. The van der Waals surface area contributed by atoms with E-state index in [0.717, 1.165) is 11.3 Å². The Morgan fingerprint density at radius 2 is 2.00 bits per heavy atom. The second kappa shape index (κ2) is 8.40. The molecule has 6 nitrogen and oxygen atoms in total. The maximum absolute atomic E-state index is 12.4. The van der Waals surface area contributed by atoms with Gasteiger partial charge in [-0.1, -0.05) is 17.7 Å². The normalized spacial score (nSPS) is 22.8. The first-order valence-corrected chi connectivity index (χ1v) is 9.27. The molecule has 2 atom stereocenters. The molecule has 1 fully saturated rings. The van der Waals surface area contributed by atoms with E-state index in [4.69, 9.17) is 9.84 Å². The van der Waals surface area contributed by atoms with Gasteiger partial charge in [-0.25, -0.2) is 0 Å². The zero-order valence-electron chi connectivity index (χ0n) is 14.7. The average molecular weight is 364 g/mol. The molecule has 2 amide bonds. The van der Waals surface area contributed by atoms with Gasteiger partial charge in [-0.05, 0) is 43.9 Å². The van der Waals surface area contributed by atoms with E-state index in [1.165, 1.54) is 17.3 Å². The number of carbonyl (C=O) groups excluding carboxylic acids is 2. The number of thioether (sulfide) groups is 1. The van der Waals surface area contributed by atoms with Crippen LogP contribution in [0.1, 0.15) is 19.4 Å². The highest BCUT2D eigenvalue weighted by Crippen LogP contribution is 2.28. The number of carbonyl (C=O) groups is 2. The highest BCUT2D eigenvalue weighted by molar-refractivity contribution is 8.00. The summed E-state index contributed by atoms with van der Waals surface area (Å²) in [5.41, 5.74) is 2.10. The van der Waals surface area contributed by atoms with Gasteiger partial charge < -0.3 is 20.5 Å². The molecule has 0 aliphatic carbocycles. The zero-order chi connectivity index (χ0) is 18.4. The van der Waals surface area contributed by atoms with Crippen molar-refractivity contribution in [3.05, 3.63) is 41.5 Å². The highest BCUT2D eigenvalue weighted by Gasteiger charge is 2.46. The minimum Gasteiger partial charge on any atom is -0.490 e. The summed E-state index contributed by atoms with van der Waals surface area (Å²) in [7, 11) is 0. The number of ether oxygens (including phenoxy) is 1. The summed E-state index contributed by atoms with van der Waals surface area (Å²) in [6, 6.07) is 6.57. The molecule has 3 N–H and O–H groups in total. The van der Waals surface area contributed by atoms with E-state index in [2.05, 4.69) is 10.6 Å². The van der Waals surface area contributed by atoms with Gasteiger partial charge in [-0.2, -0.15) is 0 Å². The third kappa shape index (κ3) is 4.76. The van der Waals surface area contributed by atoms with Crippen LogP contribution < -0.4 is 15.4 Å². The lowest BCUT2D eigenvalue weighted by atomic mass is 10.0. The van der Waals surface area contributed by atoms with Gasteiger partial charge in [0.05, 0.1) is 6.61 Å². The predicted molar refractivity (Wildman–Crippen MR) is 98.5 cm³/mol. The van der Waals surface area contributed by atoms with Crippen LogP contribution in [0.3, 0.4) is 0 Å². The van der Waals surface area contributed by atoms with Gasteiger partial charge in [-0.15, -0.1) is 11.8 Å². The average Bonchev–Trinajstić information content (AvgIpc) is 2.59. The molecule has 2 unspecified atom stereocenters. The monoisotopic (exact) mass is 364 g/mol. The van der Waals surface area contributed by atoms with E-state index in [-0.39, 0.29) is 11.8 Å². The number of hydrogen-bond donors (Lipinski definition) is 3. The lowest BCUT2D eigenvalue weighted by Gasteiger charge is -2.38. The molecule has 1 aliphatic heterocycles. The SMILES string of the molecule is CSC1(Cc2ccc(OCC=C(C)C)cc2)NC(=O)C(CO)NC1=O. The molecule has 7 heteroatoms. The molecule has 0 radical (unpaired) electrons. The fourth-order valence-corrected chi connectivity index (χ4v) is 3.21. The topological polar surface area (TPSA) is 87.7 Å². The summed E-state index contributed by atoms with van der Waals surface area (Å²) in [5.74, 6) is 0.0672. The van der Waals surface area contributed by atoms with E-state index in [9.17, 15) is 9.59 Å². The van der Waals surface area contributed by atoms with Crippen molar-refractivity contribution >= 4 is 23.6 Å². The molecule has 0 saturated carbocycles. The van der Waals surface area contributed by atoms with Crippen LogP contribution in [0.15, 0.2) is 35.9 Å². The molecule has 136 valence electrons. The second-order valence-electron chi connectivity index (χ2n) is 6.14. The van der Waals surface area contributed by atoms with Crippen molar-refractivity contribution in [2.75, 3.05) is 19.5 Å². The Morgan fingerprint density at radius 1 is 1.32 bits per heavy atom. The minimum absolute atomic E-state index is 0.303. The minimum atomic E-state index is -1.08. The first-order chi connectivity index (χ1) is 11.9. The van der Waals surface area contributed by atoms with E-state index in [1.807, 2.05) is 44.2 Å².